The lowest BCUT2D eigenvalue weighted by atomic mass is 9.98. The third-order valence-electron chi connectivity index (χ3n) is 5.14. The Morgan fingerprint density at radius 3 is 2.66 bits per heavy atom. The fraction of sp³-hybridized carbons (Fsp3) is 0.526. The van der Waals surface area contributed by atoms with Crippen LogP contribution < -0.4 is 15.4 Å². The van der Waals surface area contributed by atoms with E-state index < -0.39 is 29.1 Å². The molecule has 32 heavy (non-hydrogen) atoms. The molecule has 2 atom stereocenters. The molecule has 1 saturated heterocycles. The van der Waals surface area contributed by atoms with E-state index in [0.29, 0.717) is 24.9 Å². The predicted octanol–water partition coefficient (Wildman–Crippen LogP) is 1.60. The molecule has 2 heterocycles. The summed E-state index contributed by atoms with van der Waals surface area (Å²) in [6.07, 6.45) is -3.95. The van der Waals surface area contributed by atoms with E-state index in [2.05, 4.69) is 52.1 Å². The Morgan fingerprint density at radius 1 is 1.28 bits per heavy atom. The highest BCUT2D eigenvalue weighted by Gasteiger charge is 2.41. The van der Waals surface area contributed by atoms with Crippen LogP contribution in [0.15, 0.2) is 22.6 Å². The second-order valence-electron chi connectivity index (χ2n) is 7.68. The molecule has 2 N–H and O–H groups in total. The smallest absolute Gasteiger partial charge is 0.447 e. The van der Waals surface area contributed by atoms with Gasteiger partial charge in [-0.2, -0.15) is 0 Å². The Labute approximate surface area is 194 Å². The summed E-state index contributed by atoms with van der Waals surface area (Å²) in [6.45, 7) is 3.19. The van der Waals surface area contributed by atoms with E-state index in [1.54, 1.807) is 6.07 Å². The molecule has 1 aromatic heterocycles. The van der Waals surface area contributed by atoms with E-state index >= 15 is 0 Å². The van der Waals surface area contributed by atoms with Crippen LogP contribution in [0.2, 0.25) is 0 Å². The summed E-state index contributed by atoms with van der Waals surface area (Å²) in [4.78, 5) is 12.7. The summed E-state index contributed by atoms with van der Waals surface area (Å²) in [7, 11) is 3.68. The lowest BCUT2D eigenvalue weighted by molar-refractivity contribution is -0.325. The first-order chi connectivity index (χ1) is 14.9. The van der Waals surface area contributed by atoms with E-state index in [4.69, 9.17) is 9.15 Å². The average Bonchev–Trinajstić information content (AvgIpc) is 3.19. The Bertz CT molecular complexity index is 964. The largest absolute Gasteiger partial charge is 0.522 e. The van der Waals surface area contributed by atoms with E-state index in [1.165, 1.54) is 0 Å². The van der Waals surface area contributed by atoms with Crippen LogP contribution in [0.5, 0.6) is 6.08 Å². The third-order valence-corrected chi connectivity index (χ3v) is 6.43. The molecule has 1 fully saturated rings. The van der Waals surface area contributed by atoms with E-state index in [-0.39, 0.29) is 17.9 Å². The number of nitrogens with zero attached hydrogens (tertiary/aromatic N) is 2. The average molecular weight is 481 g/mol. The van der Waals surface area contributed by atoms with Gasteiger partial charge in [0.25, 0.3) is 5.91 Å². The number of carbonyl (C=O) groups excluding carboxylic acids is 1. The number of alkyl halides is 3. The van der Waals surface area contributed by atoms with Gasteiger partial charge in [0.1, 0.15) is 6.61 Å². The van der Waals surface area contributed by atoms with Crippen molar-refractivity contribution in [2.24, 2.45) is 0 Å². The Kier molecular flexibility index (Phi) is 7.36. The van der Waals surface area contributed by atoms with Crippen molar-refractivity contribution in [3.8, 4) is 6.08 Å². The quantitative estimate of drug-likeness (QED) is 0.458. The van der Waals surface area contributed by atoms with Gasteiger partial charge in [-0.25, -0.2) is 0 Å². The van der Waals surface area contributed by atoms with Gasteiger partial charge in [0, 0.05) is 21.7 Å². The highest BCUT2D eigenvalue weighted by molar-refractivity contribution is 6.19. The number of halogens is 3. The molecule has 1 aliphatic heterocycles. The van der Waals surface area contributed by atoms with Crippen LogP contribution in [-0.2, 0) is 9.14 Å². The zero-order chi connectivity index (χ0) is 23.6. The van der Waals surface area contributed by atoms with Crippen molar-refractivity contribution in [1.82, 2.24) is 20.8 Å². The van der Waals surface area contributed by atoms with Crippen LogP contribution in [0.4, 0.5) is 13.2 Å². The van der Waals surface area contributed by atoms with Crippen molar-refractivity contribution in [3.05, 3.63) is 40.8 Å². The van der Waals surface area contributed by atoms with Gasteiger partial charge in [-0.3, -0.25) is 9.53 Å². The lowest BCUT2D eigenvalue weighted by Crippen LogP contribution is -2.63. The van der Waals surface area contributed by atoms with Gasteiger partial charge >= 0.3 is 12.4 Å². The van der Waals surface area contributed by atoms with Crippen LogP contribution in [0, 0.1) is 13.8 Å². The van der Waals surface area contributed by atoms with Crippen LogP contribution >= 0.6 is 0 Å². The molecule has 5 radical (unpaired) electrons. The van der Waals surface area contributed by atoms with Gasteiger partial charge in [-0.1, -0.05) is 11.2 Å². The Balaban J connectivity index is 1.55. The topological polar surface area (TPSA) is 98.5 Å². The van der Waals surface area contributed by atoms with Gasteiger partial charge in [-0.05, 0) is 49.9 Å². The monoisotopic (exact) mass is 481 g/mol. The number of aromatic nitrogens is 2. The molecule has 1 aromatic carbocycles. The van der Waals surface area contributed by atoms with Gasteiger partial charge in [0.05, 0.1) is 16.8 Å². The van der Waals surface area contributed by atoms with Crippen molar-refractivity contribution >= 4 is 32.4 Å². The van der Waals surface area contributed by atoms with Gasteiger partial charge in [-0.15, -0.1) is 18.3 Å². The summed E-state index contributed by atoms with van der Waals surface area (Å²) in [5, 5.41) is 13.2. The normalized spacial score (nSPS) is 23.7. The van der Waals surface area contributed by atoms with Gasteiger partial charge in [0.2, 0.25) is 5.89 Å². The molecular formula is C19H21AlF3N4O4Si. The molecule has 0 aliphatic carbocycles. The third kappa shape index (κ3) is 6.32. The number of ether oxygens (including phenoxy) is 2. The number of carbonyl (C=O) groups is 1. The molecule has 13 heteroatoms. The highest BCUT2D eigenvalue weighted by Crippen LogP contribution is 2.31. The van der Waals surface area contributed by atoms with Crippen molar-refractivity contribution in [2.75, 3.05) is 19.8 Å². The number of amides is 1. The van der Waals surface area contributed by atoms with Crippen LogP contribution in [-0.4, -0.2) is 73.9 Å². The maximum atomic E-state index is 12.7. The molecular weight excluding hydrogens is 460 g/mol. The molecule has 1 amide bonds. The molecule has 2 aromatic rings. The number of benzene rings is 1. The summed E-state index contributed by atoms with van der Waals surface area (Å²) < 4.78 is 49.2. The van der Waals surface area contributed by atoms with Crippen LogP contribution in [0.25, 0.3) is 0 Å². The molecule has 8 nitrogen and oxygen atoms in total. The predicted molar refractivity (Wildman–Crippen MR) is 108 cm³/mol. The molecule has 0 unspecified atom stereocenters. The summed E-state index contributed by atoms with van der Waals surface area (Å²) in [5.74, 6) is -0.000786. The Hall–Kier alpha value is -1.91. The SMILES string of the molecule is Cc1ccc(C(=O)N[C@]2([Si])CC[C@]([Al])(c3nnc(OCCOC(F)(F)F)o3)NC2)cc1C. The number of aryl methyl sites for hydroxylation is 2. The fourth-order valence-electron chi connectivity index (χ4n) is 3.09. The number of rotatable bonds is 7. The summed E-state index contributed by atoms with van der Waals surface area (Å²) in [6, 6.07) is 5.53. The standard InChI is InChI=1S/C19H21F3N4O4Si.Al/c1-11-3-4-13(9-12(11)2)15(27)24-18(31)6-5-14(23-10-18)16-25-26-17(30-16)28-7-8-29-19(20,21)22;/h3-4,9,23H,5-8,10H2,1-2H3,(H,24,27);/t18-;/m0./s1. The minimum absolute atomic E-state index is 0.198. The number of hydrogen-bond donors (Lipinski definition) is 2. The lowest BCUT2D eigenvalue weighted by Gasteiger charge is -2.43. The minimum Gasteiger partial charge on any atom is -0.447 e. The molecule has 169 valence electrons. The molecule has 3 rings (SSSR count). The number of piperidine rings is 1. The second-order valence-corrected chi connectivity index (χ2v) is 9.62. The molecule has 0 bridgehead atoms. The summed E-state index contributed by atoms with van der Waals surface area (Å²) >= 11 is 2.60. The van der Waals surface area contributed by atoms with Gasteiger partial charge < -0.3 is 19.8 Å². The number of hydrogen-bond acceptors (Lipinski definition) is 7. The van der Waals surface area contributed by atoms with Crippen molar-refractivity contribution in [1.29, 1.82) is 0 Å². The second kappa shape index (κ2) is 9.52. The first kappa shape index (κ1) is 24.7. The minimum atomic E-state index is -4.73. The molecule has 1 aliphatic rings. The van der Waals surface area contributed by atoms with Crippen molar-refractivity contribution < 1.29 is 31.9 Å². The maximum Gasteiger partial charge on any atom is 0.522 e. The zero-order valence-electron chi connectivity index (χ0n) is 17.5. The van der Waals surface area contributed by atoms with Crippen molar-refractivity contribution in [2.45, 2.75) is 42.6 Å². The first-order valence-electron chi connectivity index (χ1n) is 9.75. The molecule has 0 saturated carbocycles. The highest BCUT2D eigenvalue weighted by atomic mass is 28.1. The van der Waals surface area contributed by atoms with Crippen LogP contribution in [0.3, 0.4) is 0 Å². The van der Waals surface area contributed by atoms with Crippen LogP contribution in [0.1, 0.15) is 40.2 Å². The first-order valence-corrected chi connectivity index (χ1v) is 10.8. The van der Waals surface area contributed by atoms with Gasteiger partial charge in [0.15, 0.2) is 16.3 Å². The fourth-order valence-corrected chi connectivity index (χ4v) is 3.78. The van der Waals surface area contributed by atoms with Crippen molar-refractivity contribution in [3.63, 3.8) is 0 Å². The van der Waals surface area contributed by atoms with E-state index in [0.717, 1.165) is 11.1 Å². The van der Waals surface area contributed by atoms with E-state index in [1.807, 2.05) is 26.0 Å². The van der Waals surface area contributed by atoms with E-state index in [9.17, 15) is 18.0 Å². The molecule has 0 spiro atoms. The number of nitrogens with one attached hydrogen (secondary N) is 2. The Morgan fingerprint density at radius 2 is 2.03 bits per heavy atom. The maximum absolute atomic E-state index is 12.7. The zero-order valence-corrected chi connectivity index (χ0v) is 19.7. The summed E-state index contributed by atoms with van der Waals surface area (Å²) in [5.41, 5.74) is 2.71.